The number of nitrogens with two attached hydrogens (primary N) is 1. The Labute approximate surface area is 139 Å². The van der Waals surface area contributed by atoms with E-state index >= 15 is 0 Å². The first-order valence-electron chi connectivity index (χ1n) is 7.85. The number of hydrogen-bond donors (Lipinski definition) is 2. The third-order valence-corrected chi connectivity index (χ3v) is 4.16. The molecule has 0 aliphatic heterocycles. The van der Waals surface area contributed by atoms with Crippen LogP contribution in [0.5, 0.6) is 5.75 Å². The Morgan fingerprint density at radius 1 is 1.41 bits per heavy atom. The van der Waals surface area contributed by atoms with E-state index in [1.54, 1.807) is 0 Å². The van der Waals surface area contributed by atoms with Crippen LogP contribution in [0.4, 0.5) is 0 Å². The van der Waals surface area contributed by atoms with Crippen molar-refractivity contribution < 1.29 is 9.53 Å². The highest BCUT2D eigenvalue weighted by Gasteiger charge is 2.22. The molecular formula is C17H27ClN2O2. The number of amides is 1. The van der Waals surface area contributed by atoms with Crippen molar-refractivity contribution in [2.24, 2.45) is 17.6 Å². The first-order chi connectivity index (χ1) is 10.1. The zero-order valence-electron chi connectivity index (χ0n) is 13.4. The Morgan fingerprint density at radius 2 is 2.09 bits per heavy atom. The molecular weight excluding hydrogens is 300 g/mol. The minimum absolute atomic E-state index is 0. The smallest absolute Gasteiger partial charge is 0.237 e. The monoisotopic (exact) mass is 326 g/mol. The summed E-state index contributed by atoms with van der Waals surface area (Å²) in [5, 5.41) is 2.91. The molecule has 22 heavy (non-hydrogen) atoms. The van der Waals surface area contributed by atoms with Crippen molar-refractivity contribution in [1.29, 1.82) is 0 Å². The van der Waals surface area contributed by atoms with Crippen LogP contribution in [0.3, 0.4) is 0 Å². The van der Waals surface area contributed by atoms with Crippen LogP contribution in [0.2, 0.25) is 0 Å². The molecule has 2 atom stereocenters. The largest absolute Gasteiger partial charge is 0.493 e. The molecule has 1 saturated carbocycles. The predicted octanol–water partition coefficient (Wildman–Crippen LogP) is 2.89. The van der Waals surface area contributed by atoms with E-state index in [-0.39, 0.29) is 24.2 Å². The summed E-state index contributed by atoms with van der Waals surface area (Å²) in [6, 6.07) is 7.41. The van der Waals surface area contributed by atoms with Gasteiger partial charge in [-0.15, -0.1) is 12.4 Å². The van der Waals surface area contributed by atoms with E-state index in [1.165, 1.54) is 12.8 Å². The minimum Gasteiger partial charge on any atom is -0.493 e. The SMILES string of the molecule is CCC(C)C(N)C(=O)NCc1ccccc1OCC1CC1.Cl. The Hall–Kier alpha value is -1.26. The van der Waals surface area contributed by atoms with Crippen LogP contribution in [-0.4, -0.2) is 18.6 Å². The average Bonchev–Trinajstić information content (AvgIpc) is 3.34. The van der Waals surface area contributed by atoms with Gasteiger partial charge in [0.1, 0.15) is 5.75 Å². The Kier molecular flexibility index (Phi) is 7.69. The van der Waals surface area contributed by atoms with Crippen molar-refractivity contribution in [1.82, 2.24) is 5.32 Å². The van der Waals surface area contributed by atoms with Gasteiger partial charge in [0.15, 0.2) is 0 Å². The maximum atomic E-state index is 12.0. The molecule has 0 spiro atoms. The van der Waals surface area contributed by atoms with E-state index in [0.717, 1.165) is 24.3 Å². The normalized spacial score (nSPS) is 16.3. The van der Waals surface area contributed by atoms with Gasteiger partial charge in [-0.1, -0.05) is 38.5 Å². The van der Waals surface area contributed by atoms with Crippen LogP contribution in [-0.2, 0) is 11.3 Å². The van der Waals surface area contributed by atoms with E-state index in [1.807, 2.05) is 38.1 Å². The van der Waals surface area contributed by atoms with E-state index in [9.17, 15) is 4.79 Å². The number of rotatable bonds is 8. The molecule has 1 fully saturated rings. The summed E-state index contributed by atoms with van der Waals surface area (Å²) < 4.78 is 5.84. The number of ether oxygens (including phenoxy) is 1. The Morgan fingerprint density at radius 3 is 2.73 bits per heavy atom. The first-order valence-corrected chi connectivity index (χ1v) is 7.85. The molecule has 0 aromatic heterocycles. The lowest BCUT2D eigenvalue weighted by Crippen LogP contribution is -2.44. The molecule has 0 saturated heterocycles. The summed E-state index contributed by atoms with van der Waals surface area (Å²) in [4.78, 5) is 12.0. The van der Waals surface area contributed by atoms with E-state index in [2.05, 4.69) is 5.32 Å². The minimum atomic E-state index is -0.449. The second-order valence-corrected chi connectivity index (χ2v) is 5.99. The number of carbonyl (C=O) groups is 1. The maximum absolute atomic E-state index is 12.0. The molecule has 2 unspecified atom stereocenters. The van der Waals surface area contributed by atoms with Gasteiger partial charge in [-0.05, 0) is 30.7 Å². The van der Waals surface area contributed by atoms with Crippen LogP contribution in [0.25, 0.3) is 0 Å². The predicted molar refractivity (Wildman–Crippen MR) is 91.2 cm³/mol. The van der Waals surface area contributed by atoms with Gasteiger partial charge < -0.3 is 15.8 Å². The summed E-state index contributed by atoms with van der Waals surface area (Å²) in [6.07, 6.45) is 3.43. The number of benzene rings is 1. The Balaban J connectivity index is 0.00000242. The molecule has 0 heterocycles. The molecule has 1 amide bonds. The Bertz CT molecular complexity index is 477. The summed E-state index contributed by atoms with van der Waals surface area (Å²) in [5.41, 5.74) is 6.94. The molecule has 0 radical (unpaired) electrons. The fraction of sp³-hybridized carbons (Fsp3) is 0.588. The quantitative estimate of drug-likeness (QED) is 0.772. The lowest BCUT2D eigenvalue weighted by atomic mass is 9.99. The van der Waals surface area contributed by atoms with Crippen molar-refractivity contribution in [3.05, 3.63) is 29.8 Å². The van der Waals surface area contributed by atoms with Gasteiger partial charge in [-0.2, -0.15) is 0 Å². The van der Waals surface area contributed by atoms with Crippen LogP contribution in [0.1, 0.15) is 38.7 Å². The van der Waals surface area contributed by atoms with Crippen molar-refractivity contribution in [3.8, 4) is 5.75 Å². The molecule has 1 aliphatic carbocycles. The summed E-state index contributed by atoms with van der Waals surface area (Å²) >= 11 is 0. The average molecular weight is 327 g/mol. The summed E-state index contributed by atoms with van der Waals surface area (Å²) in [7, 11) is 0. The van der Waals surface area contributed by atoms with Crippen LogP contribution < -0.4 is 15.8 Å². The van der Waals surface area contributed by atoms with Gasteiger partial charge in [0.2, 0.25) is 5.91 Å². The summed E-state index contributed by atoms with van der Waals surface area (Å²) in [6.45, 7) is 5.27. The van der Waals surface area contributed by atoms with Crippen LogP contribution in [0, 0.1) is 11.8 Å². The highest BCUT2D eigenvalue weighted by molar-refractivity contribution is 5.85. The zero-order valence-corrected chi connectivity index (χ0v) is 14.2. The number of hydrogen-bond acceptors (Lipinski definition) is 3. The standard InChI is InChI=1S/C17H26N2O2.ClH/c1-3-12(2)16(18)17(20)19-10-14-6-4-5-7-15(14)21-11-13-8-9-13;/h4-7,12-13,16H,3,8-11,18H2,1-2H3,(H,19,20);1H. The van der Waals surface area contributed by atoms with Gasteiger partial charge in [0.25, 0.3) is 0 Å². The molecule has 1 aliphatic rings. The first kappa shape index (κ1) is 18.8. The third kappa shape index (κ3) is 5.50. The van der Waals surface area contributed by atoms with Gasteiger partial charge in [0, 0.05) is 12.1 Å². The molecule has 3 N–H and O–H groups in total. The zero-order chi connectivity index (χ0) is 15.2. The van der Waals surface area contributed by atoms with Crippen molar-refractivity contribution in [2.45, 2.75) is 45.7 Å². The second kappa shape index (κ2) is 9.01. The van der Waals surface area contributed by atoms with E-state index in [4.69, 9.17) is 10.5 Å². The fourth-order valence-corrected chi connectivity index (χ4v) is 2.10. The highest BCUT2D eigenvalue weighted by Crippen LogP contribution is 2.30. The number of carbonyl (C=O) groups excluding carboxylic acids is 1. The molecule has 2 rings (SSSR count). The lowest BCUT2D eigenvalue weighted by Gasteiger charge is -2.18. The van der Waals surface area contributed by atoms with E-state index < -0.39 is 6.04 Å². The molecule has 4 nitrogen and oxygen atoms in total. The van der Waals surface area contributed by atoms with Crippen molar-refractivity contribution in [2.75, 3.05) is 6.61 Å². The maximum Gasteiger partial charge on any atom is 0.237 e. The van der Waals surface area contributed by atoms with Gasteiger partial charge >= 0.3 is 0 Å². The van der Waals surface area contributed by atoms with Crippen molar-refractivity contribution >= 4 is 18.3 Å². The molecule has 1 aromatic rings. The van der Waals surface area contributed by atoms with Gasteiger partial charge in [0.05, 0.1) is 12.6 Å². The van der Waals surface area contributed by atoms with Crippen molar-refractivity contribution in [3.63, 3.8) is 0 Å². The molecule has 124 valence electrons. The number of nitrogens with one attached hydrogen (secondary N) is 1. The van der Waals surface area contributed by atoms with Crippen LogP contribution in [0.15, 0.2) is 24.3 Å². The van der Waals surface area contributed by atoms with Gasteiger partial charge in [-0.25, -0.2) is 0 Å². The lowest BCUT2D eigenvalue weighted by molar-refractivity contribution is -0.123. The number of halogens is 1. The highest BCUT2D eigenvalue weighted by atomic mass is 35.5. The topological polar surface area (TPSA) is 64.4 Å². The van der Waals surface area contributed by atoms with E-state index in [0.29, 0.717) is 12.5 Å². The molecule has 0 bridgehead atoms. The fourth-order valence-electron chi connectivity index (χ4n) is 2.10. The third-order valence-electron chi connectivity index (χ3n) is 4.16. The molecule has 1 aromatic carbocycles. The van der Waals surface area contributed by atoms with Crippen LogP contribution >= 0.6 is 12.4 Å². The van der Waals surface area contributed by atoms with Gasteiger partial charge in [-0.3, -0.25) is 4.79 Å². The summed E-state index contributed by atoms with van der Waals surface area (Å²) in [5.74, 6) is 1.67. The number of para-hydroxylation sites is 1. The molecule has 5 heteroatoms. The second-order valence-electron chi connectivity index (χ2n) is 5.99.